The molecule has 3 rings (SSSR count). The smallest absolute Gasteiger partial charge is 0.242 e. The molecule has 4 nitrogen and oxygen atoms in total. The molecule has 1 aliphatic carbocycles. The molecule has 1 aliphatic rings. The summed E-state index contributed by atoms with van der Waals surface area (Å²) in [5.74, 6) is -0.113. The van der Waals surface area contributed by atoms with E-state index in [9.17, 15) is 4.79 Å². The summed E-state index contributed by atoms with van der Waals surface area (Å²) in [6, 6.07) is 15.7. The molecule has 0 bridgehead atoms. The van der Waals surface area contributed by atoms with Crippen molar-refractivity contribution in [2.24, 2.45) is 5.73 Å². The van der Waals surface area contributed by atoms with Crippen molar-refractivity contribution in [2.45, 2.75) is 12.1 Å². The normalized spacial score (nSPS) is 14.3. The van der Waals surface area contributed by atoms with Crippen molar-refractivity contribution < 1.29 is 9.53 Å². The van der Waals surface area contributed by atoms with E-state index in [-0.39, 0.29) is 18.6 Å². The van der Waals surface area contributed by atoms with Gasteiger partial charge >= 0.3 is 0 Å². The summed E-state index contributed by atoms with van der Waals surface area (Å²) in [6.07, 6.45) is 0. The Balaban J connectivity index is 2.02. The van der Waals surface area contributed by atoms with E-state index in [1.165, 1.54) is 11.1 Å². The molecular formula is C18H20N2O2. The van der Waals surface area contributed by atoms with Crippen LogP contribution < -0.4 is 5.73 Å². The Morgan fingerprint density at radius 2 is 1.64 bits per heavy atom. The maximum absolute atomic E-state index is 12.6. The first-order valence-electron chi connectivity index (χ1n) is 7.34. The van der Waals surface area contributed by atoms with Gasteiger partial charge in [0.1, 0.15) is 6.04 Å². The SMILES string of the molecule is COCC(N)C(=O)N(C)C1c2ccccc2-c2ccccc21. The maximum atomic E-state index is 12.6. The van der Waals surface area contributed by atoms with Gasteiger partial charge in [0.15, 0.2) is 0 Å². The van der Waals surface area contributed by atoms with Crippen molar-refractivity contribution in [1.29, 1.82) is 0 Å². The minimum absolute atomic E-state index is 0.0946. The number of rotatable bonds is 4. The molecule has 0 fully saturated rings. The van der Waals surface area contributed by atoms with Gasteiger partial charge < -0.3 is 15.4 Å². The van der Waals surface area contributed by atoms with Gasteiger partial charge in [0.05, 0.1) is 12.6 Å². The highest BCUT2D eigenvalue weighted by atomic mass is 16.5. The predicted octanol–water partition coefficient (Wildman–Crippen LogP) is 2.19. The van der Waals surface area contributed by atoms with Crippen molar-refractivity contribution in [1.82, 2.24) is 4.90 Å². The van der Waals surface area contributed by atoms with Crippen LogP contribution in [0.3, 0.4) is 0 Å². The number of carbonyl (C=O) groups is 1. The van der Waals surface area contributed by atoms with Crippen molar-refractivity contribution in [3.63, 3.8) is 0 Å². The largest absolute Gasteiger partial charge is 0.383 e. The molecule has 114 valence electrons. The molecule has 0 radical (unpaired) electrons. The lowest BCUT2D eigenvalue weighted by Crippen LogP contribution is -2.45. The molecule has 1 unspecified atom stereocenters. The van der Waals surface area contributed by atoms with E-state index < -0.39 is 6.04 Å². The minimum atomic E-state index is -0.644. The Hall–Kier alpha value is -2.17. The second-order valence-electron chi connectivity index (χ2n) is 5.59. The molecule has 2 N–H and O–H groups in total. The Labute approximate surface area is 130 Å². The van der Waals surface area contributed by atoms with E-state index in [4.69, 9.17) is 10.5 Å². The van der Waals surface area contributed by atoms with Crippen LogP contribution >= 0.6 is 0 Å². The Kier molecular flexibility index (Phi) is 3.96. The van der Waals surface area contributed by atoms with E-state index in [1.54, 1.807) is 19.1 Å². The van der Waals surface area contributed by atoms with E-state index in [0.717, 1.165) is 11.1 Å². The fourth-order valence-electron chi connectivity index (χ4n) is 3.19. The van der Waals surface area contributed by atoms with Crippen LogP contribution in [0.1, 0.15) is 17.2 Å². The van der Waals surface area contributed by atoms with Crippen LogP contribution in [-0.4, -0.2) is 37.6 Å². The van der Waals surface area contributed by atoms with Gasteiger partial charge in [-0.15, -0.1) is 0 Å². The molecule has 0 aliphatic heterocycles. The minimum Gasteiger partial charge on any atom is -0.383 e. The molecule has 4 heteroatoms. The average molecular weight is 296 g/mol. The highest BCUT2D eigenvalue weighted by Gasteiger charge is 2.34. The van der Waals surface area contributed by atoms with Crippen LogP contribution in [0.5, 0.6) is 0 Å². The Morgan fingerprint density at radius 1 is 1.14 bits per heavy atom. The van der Waals surface area contributed by atoms with Crippen LogP contribution in [0, 0.1) is 0 Å². The number of hydrogen-bond acceptors (Lipinski definition) is 3. The third-order valence-corrected chi connectivity index (χ3v) is 4.20. The van der Waals surface area contributed by atoms with Crippen molar-refractivity contribution in [3.05, 3.63) is 59.7 Å². The van der Waals surface area contributed by atoms with Crippen LogP contribution in [0.2, 0.25) is 0 Å². The molecule has 1 atom stereocenters. The number of nitrogens with two attached hydrogens (primary N) is 1. The van der Waals surface area contributed by atoms with Crippen LogP contribution in [0.25, 0.3) is 11.1 Å². The quantitative estimate of drug-likeness (QED) is 0.941. The first-order chi connectivity index (χ1) is 10.6. The number of likely N-dealkylation sites (N-methyl/N-ethyl adjacent to an activating group) is 1. The number of amides is 1. The third kappa shape index (κ3) is 2.30. The van der Waals surface area contributed by atoms with Crippen molar-refractivity contribution in [2.75, 3.05) is 20.8 Å². The fraction of sp³-hybridized carbons (Fsp3) is 0.278. The van der Waals surface area contributed by atoms with Gasteiger partial charge in [-0.1, -0.05) is 48.5 Å². The molecule has 0 spiro atoms. The molecule has 0 aromatic heterocycles. The summed E-state index contributed by atoms with van der Waals surface area (Å²) < 4.78 is 5.00. The zero-order valence-corrected chi connectivity index (χ0v) is 12.8. The summed E-state index contributed by atoms with van der Waals surface area (Å²) in [5, 5.41) is 0. The lowest BCUT2D eigenvalue weighted by atomic mass is 10.0. The highest BCUT2D eigenvalue weighted by molar-refractivity contribution is 5.86. The van der Waals surface area contributed by atoms with E-state index in [2.05, 4.69) is 24.3 Å². The van der Waals surface area contributed by atoms with Gasteiger partial charge in [-0.05, 0) is 22.3 Å². The number of methoxy groups -OCH3 is 1. The number of carbonyl (C=O) groups excluding carboxylic acids is 1. The zero-order valence-electron chi connectivity index (χ0n) is 12.8. The standard InChI is InChI=1S/C18H20N2O2/c1-20(18(21)16(19)11-22-2)17-14-9-5-3-7-12(14)13-8-4-6-10-15(13)17/h3-10,16-17H,11,19H2,1-2H3. The van der Waals surface area contributed by atoms with Gasteiger partial charge in [0.2, 0.25) is 5.91 Å². The number of hydrogen-bond donors (Lipinski definition) is 1. The van der Waals surface area contributed by atoms with Gasteiger partial charge in [0.25, 0.3) is 0 Å². The monoisotopic (exact) mass is 296 g/mol. The molecule has 2 aromatic carbocycles. The predicted molar refractivity (Wildman–Crippen MR) is 86.3 cm³/mol. The average Bonchev–Trinajstić information content (AvgIpc) is 2.88. The zero-order chi connectivity index (χ0) is 15.7. The van der Waals surface area contributed by atoms with Crippen LogP contribution in [-0.2, 0) is 9.53 Å². The van der Waals surface area contributed by atoms with Gasteiger partial charge in [-0.2, -0.15) is 0 Å². The van der Waals surface area contributed by atoms with Crippen LogP contribution in [0.15, 0.2) is 48.5 Å². The summed E-state index contributed by atoms with van der Waals surface area (Å²) in [6.45, 7) is 0.221. The summed E-state index contributed by atoms with van der Waals surface area (Å²) >= 11 is 0. The number of benzene rings is 2. The molecule has 2 aromatic rings. The van der Waals surface area contributed by atoms with Crippen molar-refractivity contribution in [3.8, 4) is 11.1 Å². The highest BCUT2D eigenvalue weighted by Crippen LogP contribution is 2.45. The lowest BCUT2D eigenvalue weighted by Gasteiger charge is -2.28. The molecular weight excluding hydrogens is 276 g/mol. The van der Waals surface area contributed by atoms with E-state index in [1.807, 2.05) is 24.3 Å². The molecule has 0 saturated carbocycles. The first kappa shape index (κ1) is 14.8. The summed E-state index contributed by atoms with van der Waals surface area (Å²) in [7, 11) is 3.36. The Bertz CT molecular complexity index is 653. The molecule has 0 saturated heterocycles. The summed E-state index contributed by atoms with van der Waals surface area (Å²) in [5.41, 5.74) is 10.6. The second kappa shape index (κ2) is 5.91. The van der Waals surface area contributed by atoms with Gasteiger partial charge in [-0.25, -0.2) is 0 Å². The van der Waals surface area contributed by atoms with Gasteiger partial charge in [0, 0.05) is 14.2 Å². The summed E-state index contributed by atoms with van der Waals surface area (Å²) in [4.78, 5) is 14.3. The molecule has 0 heterocycles. The van der Waals surface area contributed by atoms with Crippen molar-refractivity contribution >= 4 is 5.91 Å². The Morgan fingerprint density at radius 3 is 2.14 bits per heavy atom. The molecule has 22 heavy (non-hydrogen) atoms. The third-order valence-electron chi connectivity index (χ3n) is 4.20. The maximum Gasteiger partial charge on any atom is 0.242 e. The number of ether oxygens (including phenoxy) is 1. The van der Waals surface area contributed by atoms with Gasteiger partial charge in [-0.3, -0.25) is 4.79 Å². The van der Waals surface area contributed by atoms with E-state index in [0.29, 0.717) is 0 Å². The lowest BCUT2D eigenvalue weighted by molar-refractivity contribution is -0.133. The van der Waals surface area contributed by atoms with E-state index >= 15 is 0 Å². The van der Waals surface area contributed by atoms with Crippen LogP contribution in [0.4, 0.5) is 0 Å². The fourth-order valence-corrected chi connectivity index (χ4v) is 3.19. The number of fused-ring (bicyclic) bond motifs is 3. The first-order valence-corrected chi connectivity index (χ1v) is 7.34. The number of nitrogens with zero attached hydrogens (tertiary/aromatic N) is 1. The second-order valence-corrected chi connectivity index (χ2v) is 5.59. The molecule has 1 amide bonds. The topological polar surface area (TPSA) is 55.6 Å².